The summed E-state index contributed by atoms with van der Waals surface area (Å²) in [6.07, 6.45) is 1.53. The van der Waals surface area contributed by atoms with Gasteiger partial charge >= 0.3 is 0 Å². The van der Waals surface area contributed by atoms with Crippen LogP contribution in [0.15, 0.2) is 35.5 Å². The summed E-state index contributed by atoms with van der Waals surface area (Å²) in [6.45, 7) is -0.00458. The van der Waals surface area contributed by atoms with Crippen LogP contribution in [0.1, 0.15) is 5.56 Å². The van der Waals surface area contributed by atoms with Gasteiger partial charge in [0.1, 0.15) is 6.61 Å². The summed E-state index contributed by atoms with van der Waals surface area (Å²) in [4.78, 5) is 4.76. The Kier molecular flexibility index (Phi) is 4.47. The predicted molar refractivity (Wildman–Crippen MR) is 68.4 cm³/mol. The zero-order chi connectivity index (χ0) is 13.8. The highest BCUT2D eigenvalue weighted by Gasteiger charge is 2.26. The molecule has 0 radical (unpaired) electrons. The van der Waals surface area contributed by atoms with Crippen molar-refractivity contribution in [3.05, 3.63) is 35.9 Å². The van der Waals surface area contributed by atoms with Crippen molar-refractivity contribution in [2.75, 3.05) is 12.5 Å². The molecule has 8 heteroatoms. The minimum atomic E-state index is -3.94. The van der Waals surface area contributed by atoms with Crippen molar-refractivity contribution in [3.8, 4) is 0 Å². The normalized spacial score (nSPS) is 11.9. The Bertz CT molecular complexity index is 598. The lowest BCUT2D eigenvalue weighted by atomic mass is 10.2. The largest absolute Gasteiger partial charge is 0.389 e. The fraction of sp³-hybridized carbons (Fsp3) is 0.300. The maximum Gasteiger partial charge on any atom is 0.284 e. The van der Waals surface area contributed by atoms with E-state index in [1.54, 1.807) is 24.3 Å². The van der Waals surface area contributed by atoms with Crippen LogP contribution in [-0.2, 0) is 31.1 Å². The molecule has 1 aromatic carbocycles. The maximum atomic E-state index is 11.2. The van der Waals surface area contributed by atoms with Gasteiger partial charge in [-0.2, -0.15) is 0 Å². The van der Waals surface area contributed by atoms with Gasteiger partial charge in [0.05, 0.1) is 0 Å². The minimum absolute atomic E-state index is 0.00458. The molecule has 0 fully saturated rings. The lowest BCUT2D eigenvalue weighted by molar-refractivity contribution is 0.132. The molecule has 1 rings (SSSR count). The molecule has 0 N–H and O–H groups in total. The second kappa shape index (κ2) is 5.49. The Morgan fingerprint density at radius 1 is 1.06 bits per heavy atom. The zero-order valence-electron chi connectivity index (χ0n) is 9.90. The Morgan fingerprint density at radius 2 is 1.56 bits per heavy atom. The van der Waals surface area contributed by atoms with Gasteiger partial charge in [-0.15, -0.1) is 0 Å². The summed E-state index contributed by atoms with van der Waals surface area (Å²) in [5.41, 5.74) is 0.752. The van der Waals surface area contributed by atoms with Crippen LogP contribution >= 0.6 is 0 Å². The van der Waals surface area contributed by atoms with Gasteiger partial charge in [0, 0.05) is 12.5 Å². The van der Waals surface area contributed by atoms with Crippen molar-refractivity contribution in [3.63, 3.8) is 0 Å². The number of benzene rings is 1. The first-order valence-corrected chi connectivity index (χ1v) is 8.63. The van der Waals surface area contributed by atoms with E-state index in [0.29, 0.717) is 0 Å². The quantitative estimate of drug-likeness (QED) is 0.461. The van der Waals surface area contributed by atoms with Gasteiger partial charge < -0.3 is 4.84 Å². The molecule has 0 amide bonds. The third kappa shape index (κ3) is 4.46. The van der Waals surface area contributed by atoms with Crippen LogP contribution < -0.4 is 0 Å². The van der Waals surface area contributed by atoms with Gasteiger partial charge in [-0.1, -0.05) is 35.5 Å². The average molecular weight is 291 g/mol. The number of hydrogen-bond acceptors (Lipinski definition) is 6. The molecule has 0 saturated carbocycles. The third-order valence-corrected chi connectivity index (χ3v) is 5.08. The first-order valence-electron chi connectivity index (χ1n) is 4.85. The van der Waals surface area contributed by atoms with Crippen molar-refractivity contribution in [2.24, 2.45) is 5.16 Å². The molecule has 0 atom stereocenters. The van der Waals surface area contributed by atoms with E-state index in [0.717, 1.165) is 18.1 Å². The highest BCUT2D eigenvalue weighted by Crippen LogP contribution is 2.04. The number of oxime groups is 1. The van der Waals surface area contributed by atoms with Crippen LogP contribution in [0.4, 0.5) is 0 Å². The smallest absolute Gasteiger partial charge is 0.284 e. The number of hydrogen-bond donors (Lipinski definition) is 0. The SMILES string of the molecule is CS(=O)(=O)C(=NOCc1ccccc1)S(C)(=O)=O. The van der Waals surface area contributed by atoms with Gasteiger partial charge in [-0.3, -0.25) is 0 Å². The molecule has 0 unspecified atom stereocenters. The molecule has 0 aromatic heterocycles. The second-order valence-corrected chi connectivity index (χ2v) is 7.78. The Hall–Kier alpha value is -1.41. The van der Waals surface area contributed by atoms with Crippen LogP contribution in [0, 0.1) is 0 Å². The molecule has 0 bridgehead atoms. The van der Waals surface area contributed by atoms with Crippen molar-refractivity contribution < 1.29 is 21.7 Å². The topological polar surface area (TPSA) is 89.9 Å². The van der Waals surface area contributed by atoms with Crippen LogP contribution in [0.3, 0.4) is 0 Å². The van der Waals surface area contributed by atoms with E-state index in [9.17, 15) is 16.8 Å². The maximum absolute atomic E-state index is 11.2. The third-order valence-electron chi connectivity index (χ3n) is 1.85. The fourth-order valence-electron chi connectivity index (χ4n) is 1.14. The second-order valence-electron chi connectivity index (χ2n) is 3.66. The highest BCUT2D eigenvalue weighted by molar-refractivity contribution is 8.30. The van der Waals surface area contributed by atoms with E-state index in [1.807, 2.05) is 6.07 Å². The molecular weight excluding hydrogens is 278 g/mol. The number of rotatable bonds is 3. The standard InChI is InChI=1S/C10H13NO5S2/c1-17(12,13)10(18(2,14)15)11-16-8-9-6-4-3-5-7-9/h3-7H,8H2,1-2H3. The molecule has 0 aliphatic carbocycles. The van der Waals surface area contributed by atoms with Gasteiger partial charge in [-0.05, 0) is 5.56 Å². The lowest BCUT2D eigenvalue weighted by Gasteiger charge is -2.03. The number of nitrogens with zero attached hydrogens (tertiary/aromatic N) is 1. The van der Waals surface area contributed by atoms with Crippen molar-refractivity contribution in [1.82, 2.24) is 0 Å². The van der Waals surface area contributed by atoms with Gasteiger partial charge in [0.2, 0.25) is 19.7 Å². The first-order chi connectivity index (χ1) is 8.21. The summed E-state index contributed by atoms with van der Waals surface area (Å²) >= 11 is 0. The van der Waals surface area contributed by atoms with Gasteiger partial charge in [0.15, 0.2) is 0 Å². The summed E-state index contributed by atoms with van der Waals surface area (Å²) in [5, 5.41) is 3.20. The Morgan fingerprint density at radius 3 is 2.00 bits per heavy atom. The molecule has 0 heterocycles. The van der Waals surface area contributed by atoms with E-state index in [4.69, 9.17) is 4.84 Å². The minimum Gasteiger partial charge on any atom is -0.389 e. The molecule has 18 heavy (non-hydrogen) atoms. The summed E-state index contributed by atoms with van der Waals surface area (Å²) in [7, 11) is -7.88. The summed E-state index contributed by atoms with van der Waals surface area (Å²) in [6, 6.07) is 8.85. The molecule has 0 aliphatic rings. The predicted octanol–water partition coefficient (Wildman–Crippen LogP) is 0.563. The summed E-state index contributed by atoms with van der Waals surface area (Å²) in [5.74, 6) is 0. The van der Waals surface area contributed by atoms with Crippen LogP contribution in [0.5, 0.6) is 0 Å². The lowest BCUT2D eigenvalue weighted by Crippen LogP contribution is -2.23. The monoisotopic (exact) mass is 291 g/mol. The fourth-order valence-corrected chi connectivity index (χ4v) is 3.72. The molecule has 6 nitrogen and oxygen atoms in total. The molecule has 0 aliphatic heterocycles. The molecule has 0 spiro atoms. The van der Waals surface area contributed by atoms with Crippen molar-refractivity contribution in [2.45, 2.75) is 6.61 Å². The van der Waals surface area contributed by atoms with Crippen LogP contribution in [-0.4, -0.2) is 33.7 Å². The first kappa shape index (κ1) is 14.7. The zero-order valence-corrected chi connectivity index (χ0v) is 11.5. The van der Waals surface area contributed by atoms with Crippen molar-refractivity contribution in [1.29, 1.82) is 0 Å². The van der Waals surface area contributed by atoms with Crippen LogP contribution in [0.2, 0.25) is 0 Å². The molecule has 1 aromatic rings. The number of sulfone groups is 2. The van der Waals surface area contributed by atoms with E-state index >= 15 is 0 Å². The van der Waals surface area contributed by atoms with E-state index in [1.165, 1.54) is 0 Å². The van der Waals surface area contributed by atoms with E-state index < -0.39 is 24.1 Å². The highest BCUT2D eigenvalue weighted by atomic mass is 32.3. The van der Waals surface area contributed by atoms with Gasteiger partial charge in [-0.25, -0.2) is 16.8 Å². The van der Waals surface area contributed by atoms with Crippen molar-refractivity contribution >= 4 is 24.1 Å². The molecule has 0 saturated heterocycles. The van der Waals surface area contributed by atoms with E-state index in [2.05, 4.69) is 5.16 Å². The average Bonchev–Trinajstić information content (AvgIpc) is 2.22. The van der Waals surface area contributed by atoms with Crippen LogP contribution in [0.25, 0.3) is 0 Å². The molecule has 100 valence electrons. The Balaban J connectivity index is 2.88. The Labute approximate surface area is 106 Å². The molecular formula is C10H13NO5S2. The summed E-state index contributed by atoms with van der Waals surface area (Å²) < 4.78 is 44.0. The van der Waals surface area contributed by atoms with Gasteiger partial charge in [0.25, 0.3) is 4.38 Å². The van der Waals surface area contributed by atoms with E-state index in [-0.39, 0.29) is 6.61 Å².